The van der Waals surface area contributed by atoms with E-state index in [-0.39, 0.29) is 0 Å². The van der Waals surface area contributed by atoms with Gasteiger partial charge in [0.1, 0.15) is 0 Å². The number of anilines is 2. The van der Waals surface area contributed by atoms with Crippen LogP contribution in [-0.2, 0) is 6.18 Å². The Bertz CT molecular complexity index is 480. The van der Waals surface area contributed by atoms with Crippen LogP contribution in [0.15, 0.2) is 42.6 Å². The first-order chi connectivity index (χ1) is 8.05. The number of halogens is 3. The van der Waals surface area contributed by atoms with Gasteiger partial charge in [0, 0.05) is 11.9 Å². The van der Waals surface area contributed by atoms with Crippen molar-refractivity contribution in [3.63, 3.8) is 0 Å². The van der Waals surface area contributed by atoms with Gasteiger partial charge in [0.25, 0.3) is 0 Å². The average molecular weight is 239 g/mol. The van der Waals surface area contributed by atoms with Crippen molar-refractivity contribution in [2.24, 2.45) is 0 Å². The molecule has 0 radical (unpaired) electrons. The van der Waals surface area contributed by atoms with E-state index in [1.165, 1.54) is 18.3 Å². The van der Waals surface area contributed by atoms with Crippen LogP contribution in [-0.4, -0.2) is 10.2 Å². The molecule has 3 nitrogen and oxygen atoms in total. The maximum atomic E-state index is 12.3. The first-order valence-electron chi connectivity index (χ1n) is 4.78. The van der Waals surface area contributed by atoms with E-state index in [1.54, 1.807) is 12.1 Å². The van der Waals surface area contributed by atoms with E-state index in [0.29, 0.717) is 11.5 Å². The van der Waals surface area contributed by atoms with Crippen molar-refractivity contribution < 1.29 is 13.2 Å². The molecule has 2 aromatic rings. The van der Waals surface area contributed by atoms with Crippen molar-refractivity contribution in [1.82, 2.24) is 10.2 Å². The zero-order valence-corrected chi connectivity index (χ0v) is 8.57. The van der Waals surface area contributed by atoms with Crippen LogP contribution in [0.2, 0.25) is 0 Å². The fourth-order valence-corrected chi connectivity index (χ4v) is 1.26. The van der Waals surface area contributed by atoms with E-state index in [0.717, 1.165) is 12.1 Å². The number of hydrogen-bond donors (Lipinski definition) is 1. The minimum atomic E-state index is -4.31. The Balaban J connectivity index is 2.14. The zero-order chi connectivity index (χ0) is 12.3. The highest BCUT2D eigenvalue weighted by Crippen LogP contribution is 2.30. The van der Waals surface area contributed by atoms with Crippen LogP contribution >= 0.6 is 0 Å². The van der Waals surface area contributed by atoms with E-state index in [9.17, 15) is 13.2 Å². The zero-order valence-electron chi connectivity index (χ0n) is 8.57. The molecule has 88 valence electrons. The minimum Gasteiger partial charge on any atom is -0.339 e. The molecule has 2 rings (SSSR count). The molecule has 0 bridgehead atoms. The molecule has 0 aliphatic rings. The molecule has 0 aliphatic carbocycles. The lowest BCUT2D eigenvalue weighted by Gasteiger charge is -2.08. The van der Waals surface area contributed by atoms with Crippen molar-refractivity contribution in [2.75, 3.05) is 5.32 Å². The molecular formula is C11H8F3N3. The highest BCUT2D eigenvalue weighted by Gasteiger charge is 2.29. The van der Waals surface area contributed by atoms with Crippen LogP contribution in [0.25, 0.3) is 0 Å². The largest absolute Gasteiger partial charge is 0.416 e. The second-order valence-electron chi connectivity index (χ2n) is 3.31. The Morgan fingerprint density at radius 1 is 1.00 bits per heavy atom. The predicted molar refractivity (Wildman–Crippen MR) is 56.8 cm³/mol. The third-order valence-electron chi connectivity index (χ3n) is 2.06. The molecule has 17 heavy (non-hydrogen) atoms. The lowest BCUT2D eigenvalue weighted by molar-refractivity contribution is -0.137. The van der Waals surface area contributed by atoms with E-state index in [1.807, 2.05) is 0 Å². The van der Waals surface area contributed by atoms with E-state index in [2.05, 4.69) is 15.5 Å². The molecule has 1 aromatic heterocycles. The summed E-state index contributed by atoms with van der Waals surface area (Å²) in [5, 5.41) is 10.2. The van der Waals surface area contributed by atoms with Crippen LogP contribution in [0.4, 0.5) is 24.7 Å². The van der Waals surface area contributed by atoms with Crippen LogP contribution in [0.5, 0.6) is 0 Å². The smallest absolute Gasteiger partial charge is 0.339 e. The second-order valence-corrected chi connectivity index (χ2v) is 3.31. The minimum absolute atomic E-state index is 0.479. The summed E-state index contributed by atoms with van der Waals surface area (Å²) >= 11 is 0. The van der Waals surface area contributed by atoms with Gasteiger partial charge in [-0.2, -0.15) is 18.3 Å². The molecule has 0 saturated heterocycles. The molecule has 1 N–H and O–H groups in total. The number of nitrogens with zero attached hydrogens (tertiary/aromatic N) is 2. The summed E-state index contributed by atoms with van der Waals surface area (Å²) in [7, 11) is 0. The lowest BCUT2D eigenvalue weighted by atomic mass is 10.2. The third kappa shape index (κ3) is 2.93. The fourth-order valence-electron chi connectivity index (χ4n) is 1.26. The lowest BCUT2D eigenvalue weighted by Crippen LogP contribution is -2.04. The Hall–Kier alpha value is -2.11. The highest BCUT2D eigenvalue weighted by molar-refractivity contribution is 5.55. The number of rotatable bonds is 2. The average Bonchev–Trinajstić information content (AvgIpc) is 2.30. The summed E-state index contributed by atoms with van der Waals surface area (Å²) in [5.74, 6) is 0.479. The highest BCUT2D eigenvalue weighted by atomic mass is 19.4. The van der Waals surface area contributed by atoms with Gasteiger partial charge < -0.3 is 5.32 Å². The summed E-state index contributed by atoms with van der Waals surface area (Å²) < 4.78 is 36.9. The Morgan fingerprint density at radius 2 is 1.71 bits per heavy atom. The molecule has 0 unspecified atom stereocenters. The fraction of sp³-hybridized carbons (Fsp3) is 0.0909. The molecular weight excluding hydrogens is 231 g/mol. The van der Waals surface area contributed by atoms with Crippen molar-refractivity contribution in [3.8, 4) is 0 Å². The van der Waals surface area contributed by atoms with Crippen LogP contribution in [0.3, 0.4) is 0 Å². The van der Waals surface area contributed by atoms with E-state index < -0.39 is 11.7 Å². The second kappa shape index (κ2) is 4.40. The number of aromatic nitrogens is 2. The summed E-state index contributed by atoms with van der Waals surface area (Å²) in [6.07, 6.45) is -2.80. The maximum Gasteiger partial charge on any atom is 0.416 e. The first kappa shape index (κ1) is 11.4. The number of benzene rings is 1. The number of alkyl halides is 3. The van der Waals surface area contributed by atoms with E-state index >= 15 is 0 Å². The molecule has 6 heteroatoms. The van der Waals surface area contributed by atoms with Crippen LogP contribution in [0, 0.1) is 0 Å². The van der Waals surface area contributed by atoms with Gasteiger partial charge in [-0.15, -0.1) is 5.10 Å². The molecule has 0 fully saturated rings. The SMILES string of the molecule is FC(F)(F)c1ccc(Nc2cccnn2)cc1. The Kier molecular flexibility index (Phi) is 2.95. The number of nitrogens with one attached hydrogen (secondary N) is 1. The van der Waals surface area contributed by atoms with Gasteiger partial charge >= 0.3 is 6.18 Å². The molecule has 0 spiro atoms. The van der Waals surface area contributed by atoms with Gasteiger partial charge in [0.05, 0.1) is 5.56 Å². The third-order valence-corrected chi connectivity index (χ3v) is 2.06. The van der Waals surface area contributed by atoms with Crippen molar-refractivity contribution in [3.05, 3.63) is 48.2 Å². The predicted octanol–water partition coefficient (Wildman–Crippen LogP) is 3.24. The summed E-state index contributed by atoms with van der Waals surface area (Å²) in [4.78, 5) is 0. The summed E-state index contributed by atoms with van der Waals surface area (Å²) in [6, 6.07) is 8.07. The van der Waals surface area contributed by atoms with Gasteiger partial charge in [0.2, 0.25) is 0 Å². The van der Waals surface area contributed by atoms with E-state index in [4.69, 9.17) is 0 Å². The standard InChI is InChI=1S/C11H8F3N3/c12-11(13,14)8-3-5-9(6-4-8)16-10-2-1-7-15-17-10/h1-7H,(H,16,17). The number of hydrogen-bond acceptors (Lipinski definition) is 3. The van der Waals surface area contributed by atoms with Gasteiger partial charge in [-0.25, -0.2) is 0 Å². The van der Waals surface area contributed by atoms with Crippen molar-refractivity contribution in [2.45, 2.75) is 6.18 Å². The Labute approximate surface area is 95.3 Å². The topological polar surface area (TPSA) is 37.8 Å². The molecule has 0 atom stereocenters. The molecule has 0 saturated carbocycles. The molecule has 0 aliphatic heterocycles. The molecule has 0 amide bonds. The van der Waals surface area contributed by atoms with Crippen molar-refractivity contribution in [1.29, 1.82) is 0 Å². The van der Waals surface area contributed by atoms with Gasteiger partial charge in [-0.1, -0.05) is 0 Å². The summed E-state index contributed by atoms with van der Waals surface area (Å²) in [6.45, 7) is 0. The molecule has 1 aromatic carbocycles. The van der Waals surface area contributed by atoms with Crippen molar-refractivity contribution >= 4 is 11.5 Å². The van der Waals surface area contributed by atoms with Crippen LogP contribution < -0.4 is 5.32 Å². The van der Waals surface area contributed by atoms with Gasteiger partial charge in [-0.3, -0.25) is 0 Å². The first-order valence-corrected chi connectivity index (χ1v) is 4.78. The van der Waals surface area contributed by atoms with Gasteiger partial charge in [-0.05, 0) is 36.4 Å². The Morgan fingerprint density at radius 3 is 2.24 bits per heavy atom. The maximum absolute atomic E-state index is 12.3. The monoisotopic (exact) mass is 239 g/mol. The van der Waals surface area contributed by atoms with Crippen LogP contribution in [0.1, 0.15) is 5.56 Å². The summed E-state index contributed by atoms with van der Waals surface area (Å²) in [5.41, 5.74) is -0.152. The van der Waals surface area contributed by atoms with Gasteiger partial charge in [0.15, 0.2) is 5.82 Å². The quantitative estimate of drug-likeness (QED) is 0.874. The normalized spacial score (nSPS) is 11.2. The molecule has 1 heterocycles.